The van der Waals surface area contributed by atoms with Crippen molar-refractivity contribution in [3.8, 4) is 0 Å². The molecular formula is C10H20N4. The summed E-state index contributed by atoms with van der Waals surface area (Å²) in [6.45, 7) is 8.57. The number of hydrogen-bond acceptors (Lipinski definition) is 3. The second-order valence-corrected chi connectivity index (χ2v) is 3.79. The van der Waals surface area contributed by atoms with Crippen molar-refractivity contribution in [1.82, 2.24) is 20.1 Å². The molecule has 1 N–H and O–H groups in total. The van der Waals surface area contributed by atoms with Gasteiger partial charge in [0.1, 0.15) is 12.7 Å². The molecule has 0 saturated heterocycles. The quantitative estimate of drug-likeness (QED) is 0.746. The van der Waals surface area contributed by atoms with Crippen LogP contribution in [0.2, 0.25) is 0 Å². The van der Waals surface area contributed by atoms with Gasteiger partial charge in [0.05, 0.1) is 6.54 Å². The average Bonchev–Trinajstić information content (AvgIpc) is 2.69. The minimum atomic E-state index is 0.573. The molecule has 1 heterocycles. The van der Waals surface area contributed by atoms with Gasteiger partial charge in [-0.05, 0) is 12.8 Å². The van der Waals surface area contributed by atoms with Crippen LogP contribution in [0.5, 0.6) is 0 Å². The number of nitrogens with zero attached hydrogens (tertiary/aromatic N) is 3. The van der Waals surface area contributed by atoms with Gasteiger partial charge in [-0.3, -0.25) is 4.68 Å². The third kappa shape index (κ3) is 3.46. The lowest BCUT2D eigenvalue weighted by Crippen LogP contribution is -2.34. The Morgan fingerprint density at radius 2 is 2.21 bits per heavy atom. The number of rotatable bonds is 6. The highest BCUT2D eigenvalue weighted by Crippen LogP contribution is 2.05. The van der Waals surface area contributed by atoms with Crippen molar-refractivity contribution in [2.24, 2.45) is 5.92 Å². The summed E-state index contributed by atoms with van der Waals surface area (Å²) in [5, 5.41) is 7.53. The van der Waals surface area contributed by atoms with Gasteiger partial charge in [-0.15, -0.1) is 0 Å². The number of hydrogen-bond donors (Lipinski definition) is 1. The number of nitrogens with one attached hydrogen (secondary N) is 1. The van der Waals surface area contributed by atoms with Gasteiger partial charge in [0.2, 0.25) is 0 Å². The van der Waals surface area contributed by atoms with Crippen LogP contribution >= 0.6 is 0 Å². The van der Waals surface area contributed by atoms with Crippen molar-refractivity contribution in [2.45, 2.75) is 39.8 Å². The van der Waals surface area contributed by atoms with Crippen molar-refractivity contribution in [3.63, 3.8) is 0 Å². The lowest BCUT2D eigenvalue weighted by molar-refractivity contribution is 0.379. The van der Waals surface area contributed by atoms with Crippen LogP contribution < -0.4 is 5.32 Å². The third-order valence-corrected chi connectivity index (χ3v) is 2.77. The molecule has 14 heavy (non-hydrogen) atoms. The molecule has 0 bridgehead atoms. The maximum absolute atomic E-state index is 4.04. The van der Waals surface area contributed by atoms with Crippen molar-refractivity contribution in [2.75, 3.05) is 6.54 Å². The molecule has 1 aromatic rings. The zero-order valence-electron chi connectivity index (χ0n) is 9.27. The van der Waals surface area contributed by atoms with Gasteiger partial charge in [-0.1, -0.05) is 20.3 Å². The standard InChI is InChI=1S/C10H20N4/c1-4-9(2)10(3)12-5-6-14-8-11-7-13-14/h7-10,12H,4-6H2,1-3H3. The summed E-state index contributed by atoms with van der Waals surface area (Å²) in [5.74, 6) is 0.728. The fourth-order valence-corrected chi connectivity index (χ4v) is 1.31. The van der Waals surface area contributed by atoms with Crippen LogP contribution in [0.3, 0.4) is 0 Å². The van der Waals surface area contributed by atoms with E-state index >= 15 is 0 Å². The van der Waals surface area contributed by atoms with Gasteiger partial charge in [-0.2, -0.15) is 5.10 Å². The molecule has 0 fully saturated rings. The molecule has 0 aromatic carbocycles. The van der Waals surface area contributed by atoms with Gasteiger partial charge in [-0.25, -0.2) is 4.98 Å². The van der Waals surface area contributed by atoms with Crippen LogP contribution in [0.1, 0.15) is 27.2 Å². The third-order valence-electron chi connectivity index (χ3n) is 2.77. The average molecular weight is 196 g/mol. The number of aromatic nitrogens is 3. The SMILES string of the molecule is CCC(C)C(C)NCCn1cncn1. The largest absolute Gasteiger partial charge is 0.312 e. The normalized spacial score (nSPS) is 15.4. The molecule has 0 saturated carbocycles. The van der Waals surface area contributed by atoms with Crippen LogP contribution in [0.15, 0.2) is 12.7 Å². The molecule has 1 aromatic heterocycles. The molecule has 0 radical (unpaired) electrons. The first-order valence-corrected chi connectivity index (χ1v) is 5.29. The molecule has 0 amide bonds. The second-order valence-electron chi connectivity index (χ2n) is 3.79. The summed E-state index contributed by atoms with van der Waals surface area (Å²) in [5.41, 5.74) is 0. The van der Waals surface area contributed by atoms with Gasteiger partial charge in [0.25, 0.3) is 0 Å². The summed E-state index contributed by atoms with van der Waals surface area (Å²) in [6.07, 6.45) is 4.53. The van der Waals surface area contributed by atoms with Crippen molar-refractivity contribution in [1.29, 1.82) is 0 Å². The van der Waals surface area contributed by atoms with Gasteiger partial charge >= 0.3 is 0 Å². The van der Waals surface area contributed by atoms with Crippen LogP contribution in [0, 0.1) is 5.92 Å². The first-order valence-electron chi connectivity index (χ1n) is 5.29. The molecule has 0 aliphatic carbocycles. The smallest absolute Gasteiger partial charge is 0.137 e. The van der Waals surface area contributed by atoms with Crippen LogP contribution in [-0.2, 0) is 6.54 Å². The Kier molecular flexibility index (Phi) is 4.59. The van der Waals surface area contributed by atoms with Gasteiger partial charge in [0, 0.05) is 12.6 Å². The first-order chi connectivity index (χ1) is 6.74. The topological polar surface area (TPSA) is 42.7 Å². The fraction of sp³-hybridized carbons (Fsp3) is 0.800. The first kappa shape index (κ1) is 11.2. The summed E-state index contributed by atoms with van der Waals surface area (Å²) in [4.78, 5) is 3.90. The second kappa shape index (κ2) is 5.75. The molecule has 0 aliphatic heterocycles. The van der Waals surface area contributed by atoms with Crippen molar-refractivity contribution >= 4 is 0 Å². The minimum Gasteiger partial charge on any atom is -0.312 e. The monoisotopic (exact) mass is 196 g/mol. The Bertz CT molecular complexity index is 232. The van der Waals surface area contributed by atoms with E-state index in [2.05, 4.69) is 36.2 Å². The summed E-state index contributed by atoms with van der Waals surface area (Å²) >= 11 is 0. The highest BCUT2D eigenvalue weighted by Gasteiger charge is 2.08. The van der Waals surface area contributed by atoms with E-state index in [4.69, 9.17) is 0 Å². The van der Waals surface area contributed by atoms with Crippen molar-refractivity contribution in [3.05, 3.63) is 12.7 Å². The Labute approximate surface area is 85.7 Å². The molecule has 2 unspecified atom stereocenters. The molecule has 80 valence electrons. The van der Waals surface area contributed by atoms with E-state index in [0.29, 0.717) is 6.04 Å². The van der Waals surface area contributed by atoms with Crippen LogP contribution in [-0.4, -0.2) is 27.4 Å². The van der Waals surface area contributed by atoms with E-state index in [-0.39, 0.29) is 0 Å². The maximum atomic E-state index is 4.04. The summed E-state index contributed by atoms with van der Waals surface area (Å²) < 4.78 is 1.84. The Morgan fingerprint density at radius 1 is 1.43 bits per heavy atom. The Hall–Kier alpha value is -0.900. The molecule has 4 nitrogen and oxygen atoms in total. The zero-order chi connectivity index (χ0) is 10.4. The van der Waals surface area contributed by atoms with Crippen molar-refractivity contribution < 1.29 is 0 Å². The molecule has 4 heteroatoms. The molecular weight excluding hydrogens is 176 g/mol. The van der Waals surface area contributed by atoms with E-state index in [9.17, 15) is 0 Å². The maximum Gasteiger partial charge on any atom is 0.137 e. The Balaban J connectivity index is 2.15. The van der Waals surface area contributed by atoms with Crippen LogP contribution in [0.4, 0.5) is 0 Å². The predicted molar refractivity (Wildman–Crippen MR) is 56.9 cm³/mol. The Morgan fingerprint density at radius 3 is 2.79 bits per heavy atom. The molecule has 0 aliphatic rings. The highest BCUT2D eigenvalue weighted by atomic mass is 15.3. The lowest BCUT2D eigenvalue weighted by Gasteiger charge is -2.19. The minimum absolute atomic E-state index is 0.573. The van der Waals surface area contributed by atoms with E-state index < -0.39 is 0 Å². The van der Waals surface area contributed by atoms with E-state index in [1.165, 1.54) is 6.42 Å². The fourth-order valence-electron chi connectivity index (χ4n) is 1.31. The zero-order valence-corrected chi connectivity index (χ0v) is 9.27. The molecule has 0 spiro atoms. The summed E-state index contributed by atoms with van der Waals surface area (Å²) in [7, 11) is 0. The van der Waals surface area contributed by atoms with E-state index in [1.54, 1.807) is 12.7 Å². The van der Waals surface area contributed by atoms with E-state index in [1.807, 2.05) is 4.68 Å². The van der Waals surface area contributed by atoms with Gasteiger partial charge in [0.15, 0.2) is 0 Å². The van der Waals surface area contributed by atoms with E-state index in [0.717, 1.165) is 19.0 Å². The van der Waals surface area contributed by atoms with Crippen LogP contribution in [0.25, 0.3) is 0 Å². The predicted octanol–water partition coefficient (Wildman–Crippen LogP) is 1.30. The summed E-state index contributed by atoms with van der Waals surface area (Å²) in [6, 6.07) is 0.573. The highest BCUT2D eigenvalue weighted by molar-refractivity contribution is 4.67. The lowest BCUT2D eigenvalue weighted by atomic mass is 10.0. The van der Waals surface area contributed by atoms with Gasteiger partial charge < -0.3 is 5.32 Å². The molecule has 1 rings (SSSR count). The molecule has 2 atom stereocenters.